The summed E-state index contributed by atoms with van der Waals surface area (Å²) in [5, 5.41) is 3.09. The van der Waals surface area contributed by atoms with E-state index in [0.717, 1.165) is 18.8 Å². The van der Waals surface area contributed by atoms with Crippen molar-refractivity contribution >= 4 is 5.96 Å². The topological polar surface area (TPSA) is 68.9 Å². The van der Waals surface area contributed by atoms with Crippen LogP contribution in [0.2, 0.25) is 0 Å². The van der Waals surface area contributed by atoms with Gasteiger partial charge in [-0.05, 0) is 37.0 Å². The minimum Gasteiger partial charge on any atom is -0.493 e. The van der Waals surface area contributed by atoms with Gasteiger partial charge in [0.2, 0.25) is 0 Å². The Balaban J connectivity index is 2.35. The van der Waals surface area contributed by atoms with Gasteiger partial charge in [-0.1, -0.05) is 26.0 Å². The highest BCUT2D eigenvalue weighted by Gasteiger charge is 2.01. The Morgan fingerprint density at radius 3 is 2.45 bits per heavy atom. The Bertz CT molecular complexity index is 444. The monoisotopic (exact) mass is 307 g/mol. The first-order valence-corrected chi connectivity index (χ1v) is 7.78. The second-order valence-corrected chi connectivity index (χ2v) is 5.87. The van der Waals surface area contributed by atoms with Gasteiger partial charge in [-0.2, -0.15) is 0 Å². The van der Waals surface area contributed by atoms with E-state index in [4.69, 9.17) is 15.2 Å². The summed E-state index contributed by atoms with van der Waals surface area (Å²) < 4.78 is 10.7. The molecular formula is C17H29N3O2. The molecule has 3 N–H and O–H groups in total. The zero-order valence-electron chi connectivity index (χ0n) is 14.1. The van der Waals surface area contributed by atoms with Crippen LogP contribution in [-0.2, 0) is 11.2 Å². The van der Waals surface area contributed by atoms with Gasteiger partial charge in [-0.15, -0.1) is 0 Å². The molecule has 5 nitrogen and oxygen atoms in total. The van der Waals surface area contributed by atoms with E-state index >= 15 is 0 Å². The number of aliphatic imine (C=N–C) groups is 1. The molecule has 22 heavy (non-hydrogen) atoms. The third-order valence-electron chi connectivity index (χ3n) is 3.00. The van der Waals surface area contributed by atoms with Gasteiger partial charge in [0.25, 0.3) is 0 Å². The van der Waals surface area contributed by atoms with Crippen LogP contribution in [0.3, 0.4) is 0 Å². The van der Waals surface area contributed by atoms with Crippen molar-refractivity contribution in [3.8, 4) is 5.75 Å². The summed E-state index contributed by atoms with van der Waals surface area (Å²) in [7, 11) is 1.67. The molecule has 124 valence electrons. The Hall–Kier alpha value is -1.75. The van der Waals surface area contributed by atoms with Crippen LogP contribution in [0.1, 0.15) is 26.3 Å². The summed E-state index contributed by atoms with van der Waals surface area (Å²) in [6, 6.07) is 8.31. The second kappa shape index (κ2) is 10.1. The lowest BCUT2D eigenvalue weighted by atomic mass is 10.1. The molecule has 0 aliphatic rings. The Kier molecular flexibility index (Phi) is 8.36. The average molecular weight is 307 g/mol. The quantitative estimate of drug-likeness (QED) is 0.542. The van der Waals surface area contributed by atoms with Crippen LogP contribution in [0.25, 0.3) is 0 Å². The van der Waals surface area contributed by atoms with Crippen molar-refractivity contribution in [1.82, 2.24) is 5.32 Å². The van der Waals surface area contributed by atoms with Crippen LogP contribution in [0.5, 0.6) is 5.75 Å². The van der Waals surface area contributed by atoms with Crippen molar-refractivity contribution in [3.05, 3.63) is 29.8 Å². The maximum absolute atomic E-state index is 5.82. The number of guanidine groups is 1. The van der Waals surface area contributed by atoms with Crippen LogP contribution < -0.4 is 15.8 Å². The SMILES string of the molecule is COCC(C)NC(N)=NCCc1ccc(OCC(C)C)cc1. The lowest BCUT2D eigenvalue weighted by Gasteiger charge is -2.13. The van der Waals surface area contributed by atoms with E-state index in [-0.39, 0.29) is 6.04 Å². The summed E-state index contributed by atoms with van der Waals surface area (Å²) in [5.41, 5.74) is 7.05. The fraction of sp³-hybridized carbons (Fsp3) is 0.588. The number of rotatable bonds is 9. The zero-order valence-corrected chi connectivity index (χ0v) is 14.1. The van der Waals surface area contributed by atoms with Crippen LogP contribution in [-0.4, -0.2) is 38.9 Å². The first-order chi connectivity index (χ1) is 10.5. The fourth-order valence-electron chi connectivity index (χ4n) is 1.91. The van der Waals surface area contributed by atoms with E-state index in [2.05, 4.69) is 36.3 Å². The predicted molar refractivity (Wildman–Crippen MR) is 91.4 cm³/mol. The van der Waals surface area contributed by atoms with Crippen molar-refractivity contribution in [1.29, 1.82) is 0 Å². The number of nitrogens with two attached hydrogens (primary N) is 1. The van der Waals surface area contributed by atoms with Gasteiger partial charge in [-0.3, -0.25) is 4.99 Å². The molecule has 1 aromatic rings. The second-order valence-electron chi connectivity index (χ2n) is 5.87. The van der Waals surface area contributed by atoms with Crippen LogP contribution in [0, 0.1) is 5.92 Å². The molecule has 1 rings (SSSR count). The van der Waals surface area contributed by atoms with Gasteiger partial charge in [0.05, 0.1) is 13.2 Å². The van der Waals surface area contributed by atoms with Gasteiger partial charge in [0, 0.05) is 19.7 Å². The molecule has 0 fully saturated rings. The third-order valence-corrected chi connectivity index (χ3v) is 3.00. The highest BCUT2D eigenvalue weighted by atomic mass is 16.5. The van der Waals surface area contributed by atoms with E-state index < -0.39 is 0 Å². The average Bonchev–Trinajstić information content (AvgIpc) is 2.46. The number of benzene rings is 1. The summed E-state index contributed by atoms with van der Waals surface area (Å²) in [6.07, 6.45) is 0.853. The van der Waals surface area contributed by atoms with Gasteiger partial charge < -0.3 is 20.5 Å². The first-order valence-electron chi connectivity index (χ1n) is 7.78. The lowest BCUT2D eigenvalue weighted by Crippen LogP contribution is -2.40. The normalized spacial score (nSPS) is 13.2. The molecule has 0 aliphatic carbocycles. The molecule has 0 bridgehead atoms. The molecule has 1 unspecified atom stereocenters. The number of ether oxygens (including phenoxy) is 2. The highest BCUT2D eigenvalue weighted by molar-refractivity contribution is 5.78. The molecular weight excluding hydrogens is 278 g/mol. The number of nitrogens with one attached hydrogen (secondary N) is 1. The van der Waals surface area contributed by atoms with E-state index in [1.165, 1.54) is 5.56 Å². The smallest absolute Gasteiger partial charge is 0.188 e. The van der Waals surface area contributed by atoms with Crippen molar-refractivity contribution in [2.45, 2.75) is 33.2 Å². The van der Waals surface area contributed by atoms with E-state index in [1.54, 1.807) is 7.11 Å². The minimum absolute atomic E-state index is 0.158. The zero-order chi connectivity index (χ0) is 16.4. The van der Waals surface area contributed by atoms with Gasteiger partial charge in [0.1, 0.15) is 5.75 Å². The molecule has 0 aliphatic heterocycles. The molecule has 0 aromatic heterocycles. The van der Waals surface area contributed by atoms with Crippen LogP contribution >= 0.6 is 0 Å². The highest BCUT2D eigenvalue weighted by Crippen LogP contribution is 2.13. The van der Waals surface area contributed by atoms with Gasteiger partial charge in [-0.25, -0.2) is 0 Å². The largest absolute Gasteiger partial charge is 0.493 e. The van der Waals surface area contributed by atoms with Crippen LogP contribution in [0.4, 0.5) is 0 Å². The Morgan fingerprint density at radius 1 is 1.18 bits per heavy atom. The molecule has 1 atom stereocenters. The molecule has 0 heterocycles. The summed E-state index contributed by atoms with van der Waals surface area (Å²) >= 11 is 0. The molecule has 1 aromatic carbocycles. The first kappa shape index (κ1) is 18.3. The lowest BCUT2D eigenvalue weighted by molar-refractivity contribution is 0.179. The Labute approximate surface area is 133 Å². The van der Waals surface area contributed by atoms with Crippen molar-refractivity contribution in [2.24, 2.45) is 16.6 Å². The number of hydrogen-bond acceptors (Lipinski definition) is 3. The van der Waals surface area contributed by atoms with Crippen LogP contribution in [0.15, 0.2) is 29.3 Å². The number of hydrogen-bond donors (Lipinski definition) is 2. The minimum atomic E-state index is 0.158. The number of methoxy groups -OCH3 is 1. The molecule has 0 spiro atoms. The summed E-state index contributed by atoms with van der Waals surface area (Å²) in [6.45, 7) is 8.28. The standard InChI is InChI=1S/C17H29N3O2/c1-13(2)11-22-16-7-5-15(6-8-16)9-10-19-17(18)20-14(3)12-21-4/h5-8,13-14H,9-12H2,1-4H3,(H3,18,19,20). The maximum atomic E-state index is 5.82. The van der Waals surface area contributed by atoms with Crippen molar-refractivity contribution in [2.75, 3.05) is 26.9 Å². The van der Waals surface area contributed by atoms with E-state index in [9.17, 15) is 0 Å². The third kappa shape index (κ3) is 7.88. The summed E-state index contributed by atoms with van der Waals surface area (Å²) in [4.78, 5) is 4.32. The molecule has 0 amide bonds. The Morgan fingerprint density at radius 2 is 1.86 bits per heavy atom. The van der Waals surface area contributed by atoms with Gasteiger partial charge >= 0.3 is 0 Å². The molecule has 0 saturated carbocycles. The molecule has 0 saturated heterocycles. The summed E-state index contributed by atoms with van der Waals surface area (Å²) in [5.74, 6) is 1.90. The molecule has 0 radical (unpaired) electrons. The van der Waals surface area contributed by atoms with E-state index in [0.29, 0.717) is 25.0 Å². The van der Waals surface area contributed by atoms with Gasteiger partial charge in [0.15, 0.2) is 5.96 Å². The number of nitrogens with zero attached hydrogens (tertiary/aromatic N) is 1. The van der Waals surface area contributed by atoms with E-state index in [1.807, 2.05) is 19.1 Å². The maximum Gasteiger partial charge on any atom is 0.188 e. The predicted octanol–water partition coefficient (Wildman–Crippen LogP) is 2.20. The molecule has 5 heteroatoms. The van der Waals surface area contributed by atoms with Crippen molar-refractivity contribution in [3.63, 3.8) is 0 Å². The fourth-order valence-corrected chi connectivity index (χ4v) is 1.91. The van der Waals surface area contributed by atoms with Crippen molar-refractivity contribution < 1.29 is 9.47 Å².